The zero-order chi connectivity index (χ0) is 14.1. The summed E-state index contributed by atoms with van der Waals surface area (Å²) < 4.78 is 5.22. The van der Waals surface area contributed by atoms with Crippen molar-refractivity contribution in [3.05, 3.63) is 0 Å². The van der Waals surface area contributed by atoms with Gasteiger partial charge in [-0.05, 0) is 38.3 Å². The number of carbonyl (C=O) groups is 1. The van der Waals surface area contributed by atoms with Crippen LogP contribution < -0.4 is 5.73 Å². The van der Waals surface area contributed by atoms with E-state index in [0.717, 1.165) is 39.2 Å². The summed E-state index contributed by atoms with van der Waals surface area (Å²) >= 11 is 0. The van der Waals surface area contributed by atoms with Gasteiger partial charge in [0.2, 0.25) is 5.91 Å². The molecule has 0 aliphatic carbocycles. The van der Waals surface area contributed by atoms with Gasteiger partial charge in [-0.3, -0.25) is 4.79 Å². The average molecular weight is 271 g/mol. The molecule has 0 aromatic carbocycles. The van der Waals surface area contributed by atoms with Gasteiger partial charge in [0.25, 0.3) is 0 Å². The van der Waals surface area contributed by atoms with Crippen molar-refractivity contribution in [1.82, 2.24) is 9.80 Å². The minimum absolute atomic E-state index is 0.224. The highest BCUT2D eigenvalue weighted by atomic mass is 16.5. The van der Waals surface area contributed by atoms with E-state index >= 15 is 0 Å². The topological polar surface area (TPSA) is 58.8 Å². The molecule has 5 heteroatoms. The Morgan fingerprint density at radius 2 is 2.32 bits per heavy atom. The van der Waals surface area contributed by atoms with Crippen molar-refractivity contribution in [2.45, 2.75) is 25.7 Å². The van der Waals surface area contributed by atoms with Crippen LogP contribution in [0, 0.1) is 5.92 Å². The zero-order valence-corrected chi connectivity index (χ0v) is 12.4. The third kappa shape index (κ3) is 6.36. The van der Waals surface area contributed by atoms with Crippen LogP contribution in [0.3, 0.4) is 0 Å². The zero-order valence-electron chi connectivity index (χ0n) is 12.4. The quantitative estimate of drug-likeness (QED) is 0.700. The van der Waals surface area contributed by atoms with Crippen molar-refractivity contribution >= 4 is 5.91 Å². The SMILES string of the molecule is COCC1CCCN(CCC(=O)N(C)CCCN)C1. The molecule has 0 spiro atoms. The molecule has 5 nitrogen and oxygen atoms in total. The number of ether oxygens (including phenoxy) is 1. The first kappa shape index (κ1) is 16.4. The Kier molecular flexibility index (Phi) is 8.02. The Balaban J connectivity index is 2.21. The monoisotopic (exact) mass is 271 g/mol. The van der Waals surface area contributed by atoms with Crippen LogP contribution in [0.15, 0.2) is 0 Å². The lowest BCUT2D eigenvalue weighted by Gasteiger charge is -2.32. The van der Waals surface area contributed by atoms with Crippen molar-refractivity contribution in [2.24, 2.45) is 11.7 Å². The van der Waals surface area contributed by atoms with Gasteiger partial charge in [-0.15, -0.1) is 0 Å². The Morgan fingerprint density at radius 1 is 1.53 bits per heavy atom. The van der Waals surface area contributed by atoms with Crippen LogP contribution in [0.1, 0.15) is 25.7 Å². The predicted molar refractivity (Wildman–Crippen MR) is 77.0 cm³/mol. The maximum Gasteiger partial charge on any atom is 0.223 e. The van der Waals surface area contributed by atoms with Gasteiger partial charge in [-0.2, -0.15) is 0 Å². The lowest BCUT2D eigenvalue weighted by Crippen LogP contribution is -2.39. The predicted octanol–water partition coefficient (Wildman–Crippen LogP) is 0.542. The molecule has 0 saturated carbocycles. The summed E-state index contributed by atoms with van der Waals surface area (Å²) in [6.45, 7) is 5.28. The van der Waals surface area contributed by atoms with E-state index in [1.807, 2.05) is 7.05 Å². The molecule has 1 aliphatic heterocycles. The molecule has 1 rings (SSSR count). The number of likely N-dealkylation sites (tertiary alicyclic amines) is 1. The first-order valence-corrected chi connectivity index (χ1v) is 7.32. The van der Waals surface area contributed by atoms with E-state index in [1.165, 1.54) is 12.8 Å². The van der Waals surface area contributed by atoms with Crippen LogP contribution in [0.25, 0.3) is 0 Å². The number of hydrogen-bond acceptors (Lipinski definition) is 4. The third-order valence-electron chi connectivity index (χ3n) is 3.77. The number of hydrogen-bond donors (Lipinski definition) is 1. The van der Waals surface area contributed by atoms with Crippen LogP contribution in [0.4, 0.5) is 0 Å². The summed E-state index contributed by atoms with van der Waals surface area (Å²) in [6, 6.07) is 0. The highest BCUT2D eigenvalue weighted by Gasteiger charge is 2.20. The van der Waals surface area contributed by atoms with E-state index in [9.17, 15) is 4.79 Å². The van der Waals surface area contributed by atoms with Crippen LogP contribution >= 0.6 is 0 Å². The van der Waals surface area contributed by atoms with Crippen LogP contribution in [0.5, 0.6) is 0 Å². The second kappa shape index (κ2) is 9.28. The largest absolute Gasteiger partial charge is 0.384 e. The van der Waals surface area contributed by atoms with Gasteiger partial charge < -0.3 is 20.3 Å². The number of amides is 1. The molecular weight excluding hydrogens is 242 g/mol. The number of rotatable bonds is 8. The summed E-state index contributed by atoms with van der Waals surface area (Å²) in [7, 11) is 3.62. The highest BCUT2D eigenvalue weighted by molar-refractivity contribution is 5.76. The third-order valence-corrected chi connectivity index (χ3v) is 3.77. The lowest BCUT2D eigenvalue weighted by atomic mass is 9.99. The first-order valence-electron chi connectivity index (χ1n) is 7.32. The summed E-state index contributed by atoms with van der Waals surface area (Å²) in [5.74, 6) is 0.853. The summed E-state index contributed by atoms with van der Waals surface area (Å²) in [4.78, 5) is 16.1. The van der Waals surface area contributed by atoms with E-state index in [-0.39, 0.29) is 5.91 Å². The van der Waals surface area contributed by atoms with Gasteiger partial charge in [-0.1, -0.05) is 0 Å². The van der Waals surface area contributed by atoms with E-state index in [2.05, 4.69) is 4.90 Å². The van der Waals surface area contributed by atoms with E-state index < -0.39 is 0 Å². The van der Waals surface area contributed by atoms with Crippen molar-refractivity contribution in [3.63, 3.8) is 0 Å². The van der Waals surface area contributed by atoms with Crippen LogP contribution in [0.2, 0.25) is 0 Å². The average Bonchev–Trinajstić information content (AvgIpc) is 2.43. The highest BCUT2D eigenvalue weighted by Crippen LogP contribution is 2.16. The minimum atomic E-state index is 0.224. The smallest absolute Gasteiger partial charge is 0.223 e. The fourth-order valence-corrected chi connectivity index (χ4v) is 2.62. The van der Waals surface area contributed by atoms with Crippen molar-refractivity contribution < 1.29 is 9.53 Å². The molecule has 112 valence electrons. The molecule has 0 bridgehead atoms. The van der Waals surface area contributed by atoms with Crippen molar-refractivity contribution in [3.8, 4) is 0 Å². The summed E-state index contributed by atoms with van der Waals surface area (Å²) in [6.07, 6.45) is 3.95. The normalized spacial score (nSPS) is 20.5. The van der Waals surface area contributed by atoms with E-state index in [4.69, 9.17) is 10.5 Å². The Labute approximate surface area is 117 Å². The number of carbonyl (C=O) groups excluding carboxylic acids is 1. The van der Waals surface area contributed by atoms with Crippen LogP contribution in [-0.4, -0.2) is 69.2 Å². The van der Waals surface area contributed by atoms with Gasteiger partial charge in [0, 0.05) is 40.2 Å². The fourth-order valence-electron chi connectivity index (χ4n) is 2.62. The van der Waals surface area contributed by atoms with Crippen molar-refractivity contribution in [2.75, 3.05) is 53.5 Å². The number of nitrogens with zero attached hydrogens (tertiary/aromatic N) is 2. The summed E-state index contributed by atoms with van der Waals surface area (Å²) in [5.41, 5.74) is 5.45. The van der Waals surface area contributed by atoms with Gasteiger partial charge in [0.15, 0.2) is 0 Å². The molecule has 1 aliphatic rings. The summed E-state index contributed by atoms with van der Waals surface area (Å²) in [5, 5.41) is 0. The lowest BCUT2D eigenvalue weighted by molar-refractivity contribution is -0.130. The minimum Gasteiger partial charge on any atom is -0.384 e. The number of nitrogens with two attached hydrogens (primary N) is 1. The molecule has 1 amide bonds. The second-order valence-electron chi connectivity index (χ2n) is 5.47. The van der Waals surface area contributed by atoms with Crippen LogP contribution in [-0.2, 0) is 9.53 Å². The molecule has 0 aromatic rings. The molecule has 1 heterocycles. The number of methoxy groups -OCH3 is 1. The second-order valence-corrected chi connectivity index (χ2v) is 5.47. The Bertz CT molecular complexity index is 259. The van der Waals surface area contributed by atoms with Gasteiger partial charge >= 0.3 is 0 Å². The molecule has 1 saturated heterocycles. The fraction of sp³-hybridized carbons (Fsp3) is 0.929. The van der Waals surface area contributed by atoms with Crippen molar-refractivity contribution in [1.29, 1.82) is 0 Å². The molecule has 0 radical (unpaired) electrons. The van der Waals surface area contributed by atoms with Gasteiger partial charge in [-0.25, -0.2) is 0 Å². The van der Waals surface area contributed by atoms with Gasteiger partial charge in [0.1, 0.15) is 0 Å². The van der Waals surface area contributed by atoms with E-state index in [1.54, 1.807) is 12.0 Å². The molecular formula is C14H29N3O2. The Hall–Kier alpha value is -0.650. The first-order chi connectivity index (χ1) is 9.17. The maximum absolute atomic E-state index is 11.9. The Morgan fingerprint density at radius 3 is 3.00 bits per heavy atom. The molecule has 1 fully saturated rings. The molecule has 1 atom stereocenters. The molecule has 1 unspecified atom stereocenters. The molecule has 0 aromatic heterocycles. The molecule has 19 heavy (non-hydrogen) atoms. The van der Waals surface area contributed by atoms with Gasteiger partial charge in [0.05, 0.1) is 6.61 Å². The van der Waals surface area contributed by atoms with E-state index in [0.29, 0.717) is 18.9 Å². The molecule has 2 N–H and O–H groups in total. The number of piperidine rings is 1. The standard InChI is InChI=1S/C14H29N3O2/c1-16(8-4-7-15)14(18)6-10-17-9-3-5-13(11-17)12-19-2/h13H,3-12,15H2,1-2H3. The maximum atomic E-state index is 11.9.